The molecule has 2 heterocycles. The van der Waals surface area contributed by atoms with Gasteiger partial charge in [0, 0.05) is 30.1 Å². The molecule has 0 aliphatic carbocycles. The lowest BCUT2D eigenvalue weighted by atomic mass is 10.2. The summed E-state index contributed by atoms with van der Waals surface area (Å²) in [5, 5.41) is 2.76. The van der Waals surface area contributed by atoms with Crippen molar-refractivity contribution in [3.63, 3.8) is 0 Å². The molecule has 2 aromatic heterocycles. The third-order valence-electron chi connectivity index (χ3n) is 4.53. The predicted octanol–water partition coefficient (Wildman–Crippen LogP) is 3.45. The minimum Gasteiger partial charge on any atom is -0.321 e. The maximum atomic E-state index is 12.8. The third-order valence-corrected chi connectivity index (χ3v) is 7.14. The maximum Gasteiger partial charge on any atom is 0.267 e. The van der Waals surface area contributed by atoms with E-state index in [1.807, 2.05) is 52.6 Å². The number of benzene rings is 2. The van der Waals surface area contributed by atoms with Gasteiger partial charge in [0.2, 0.25) is 5.91 Å². The van der Waals surface area contributed by atoms with Crippen LogP contribution in [0.2, 0.25) is 0 Å². The summed E-state index contributed by atoms with van der Waals surface area (Å²) in [5.74, 6) is -0.988. The first kappa shape index (κ1) is 20.8. The smallest absolute Gasteiger partial charge is 0.267 e. The second kappa shape index (κ2) is 7.97. The number of sulfonamides is 1. The fourth-order valence-electron chi connectivity index (χ4n) is 3.06. The molecule has 4 aromatic rings. The van der Waals surface area contributed by atoms with Gasteiger partial charge in [-0.1, -0.05) is 41.7 Å². The molecule has 0 saturated heterocycles. The Kier molecular flexibility index (Phi) is 5.34. The van der Waals surface area contributed by atoms with Crippen LogP contribution in [-0.4, -0.2) is 29.6 Å². The zero-order chi connectivity index (χ0) is 22.2. The summed E-state index contributed by atoms with van der Waals surface area (Å²) in [6.07, 6.45) is 1.90. The van der Waals surface area contributed by atoms with Gasteiger partial charge >= 0.3 is 0 Å². The molecule has 0 radical (unpaired) electrons. The number of carbonyl (C=O) groups is 2. The van der Waals surface area contributed by atoms with E-state index in [1.165, 1.54) is 35.6 Å². The van der Waals surface area contributed by atoms with Crippen molar-refractivity contribution in [2.75, 3.05) is 5.32 Å². The summed E-state index contributed by atoms with van der Waals surface area (Å²) < 4.78 is 27.8. The minimum absolute atomic E-state index is 0.0695. The van der Waals surface area contributed by atoms with E-state index in [9.17, 15) is 18.0 Å². The van der Waals surface area contributed by atoms with E-state index in [0.717, 1.165) is 23.9 Å². The molecule has 2 amide bonds. The Bertz CT molecular complexity index is 1390. The van der Waals surface area contributed by atoms with Gasteiger partial charge in [-0.25, -0.2) is 18.1 Å². The number of hydrogen-bond donors (Lipinski definition) is 2. The van der Waals surface area contributed by atoms with Gasteiger partial charge in [-0.3, -0.25) is 14.0 Å². The average Bonchev–Trinajstić information content (AvgIpc) is 3.28. The number of anilines is 1. The second-order valence-corrected chi connectivity index (χ2v) is 9.46. The Morgan fingerprint density at radius 2 is 1.71 bits per heavy atom. The molecule has 0 bridgehead atoms. The molecule has 0 aliphatic heterocycles. The largest absolute Gasteiger partial charge is 0.321 e. The van der Waals surface area contributed by atoms with Crippen LogP contribution in [0.1, 0.15) is 22.3 Å². The molecular weight excluding hydrogens is 436 g/mol. The highest BCUT2D eigenvalue weighted by molar-refractivity contribution is 7.90. The van der Waals surface area contributed by atoms with E-state index >= 15 is 0 Å². The Morgan fingerprint density at radius 3 is 2.32 bits per heavy atom. The number of fused-ring (bicyclic) bond motifs is 1. The van der Waals surface area contributed by atoms with E-state index < -0.39 is 15.9 Å². The molecule has 158 valence electrons. The van der Waals surface area contributed by atoms with Gasteiger partial charge in [0.25, 0.3) is 15.9 Å². The van der Waals surface area contributed by atoms with Gasteiger partial charge in [-0.2, -0.15) is 0 Å². The number of amides is 2. The molecule has 0 aliphatic rings. The normalized spacial score (nSPS) is 11.4. The van der Waals surface area contributed by atoms with Crippen LogP contribution in [0, 0.1) is 6.92 Å². The molecule has 0 spiro atoms. The molecule has 0 fully saturated rings. The lowest BCUT2D eigenvalue weighted by Gasteiger charge is -2.07. The van der Waals surface area contributed by atoms with Gasteiger partial charge < -0.3 is 5.32 Å². The topological polar surface area (TPSA) is 110 Å². The Balaban J connectivity index is 1.54. The molecule has 31 heavy (non-hydrogen) atoms. The van der Waals surface area contributed by atoms with Crippen molar-refractivity contribution < 1.29 is 18.0 Å². The van der Waals surface area contributed by atoms with Crippen molar-refractivity contribution in [2.45, 2.75) is 18.7 Å². The molecule has 0 saturated carbocycles. The first-order valence-corrected chi connectivity index (χ1v) is 11.5. The van der Waals surface area contributed by atoms with Crippen molar-refractivity contribution in [3.05, 3.63) is 71.4 Å². The number of carbonyl (C=O) groups excluding carboxylic acids is 2. The molecular formula is C21H18N4O4S2. The van der Waals surface area contributed by atoms with E-state index in [4.69, 9.17) is 0 Å². The number of rotatable bonds is 5. The van der Waals surface area contributed by atoms with Crippen molar-refractivity contribution in [1.82, 2.24) is 14.1 Å². The fraction of sp³-hybridized carbons (Fsp3) is 0.0952. The molecule has 2 aromatic carbocycles. The summed E-state index contributed by atoms with van der Waals surface area (Å²) in [6.45, 7) is 2.97. The predicted molar refractivity (Wildman–Crippen MR) is 119 cm³/mol. The van der Waals surface area contributed by atoms with Crippen molar-refractivity contribution in [1.29, 1.82) is 0 Å². The van der Waals surface area contributed by atoms with Crippen LogP contribution >= 0.6 is 11.3 Å². The molecule has 0 atom stereocenters. The van der Waals surface area contributed by atoms with Gasteiger partial charge in [-0.15, -0.1) is 0 Å². The van der Waals surface area contributed by atoms with Crippen LogP contribution < -0.4 is 10.0 Å². The number of hydrogen-bond acceptors (Lipinski definition) is 6. The van der Waals surface area contributed by atoms with Crippen molar-refractivity contribution >= 4 is 43.8 Å². The number of thiazole rings is 1. The molecule has 2 N–H and O–H groups in total. The van der Waals surface area contributed by atoms with E-state index in [0.29, 0.717) is 15.5 Å². The Labute approximate surface area is 182 Å². The van der Waals surface area contributed by atoms with Crippen molar-refractivity contribution in [2.24, 2.45) is 0 Å². The Hall–Kier alpha value is -3.50. The summed E-state index contributed by atoms with van der Waals surface area (Å²) in [7, 11) is -3.92. The van der Waals surface area contributed by atoms with E-state index in [1.54, 1.807) is 0 Å². The van der Waals surface area contributed by atoms with Crippen molar-refractivity contribution in [3.8, 4) is 11.3 Å². The average molecular weight is 455 g/mol. The van der Waals surface area contributed by atoms with Crippen LogP contribution in [0.25, 0.3) is 16.2 Å². The molecule has 0 unspecified atom stereocenters. The van der Waals surface area contributed by atoms with Gasteiger partial charge in [0.1, 0.15) is 4.88 Å². The summed E-state index contributed by atoms with van der Waals surface area (Å²) in [4.78, 5) is 29.6. The van der Waals surface area contributed by atoms with Crippen LogP contribution in [0.5, 0.6) is 0 Å². The number of nitrogens with one attached hydrogen (secondary N) is 2. The highest BCUT2D eigenvalue weighted by atomic mass is 32.2. The zero-order valence-electron chi connectivity index (χ0n) is 16.6. The Morgan fingerprint density at radius 1 is 1.03 bits per heavy atom. The summed E-state index contributed by atoms with van der Waals surface area (Å²) in [6, 6.07) is 15.4. The monoisotopic (exact) mass is 454 g/mol. The fourth-order valence-corrected chi connectivity index (χ4v) is 5.06. The molecule has 10 heteroatoms. The first-order valence-electron chi connectivity index (χ1n) is 9.23. The van der Waals surface area contributed by atoms with Crippen LogP contribution in [0.4, 0.5) is 5.69 Å². The molecule has 4 rings (SSSR count). The molecule has 8 nitrogen and oxygen atoms in total. The third kappa shape index (κ3) is 4.21. The van der Waals surface area contributed by atoms with E-state index in [-0.39, 0.29) is 10.8 Å². The summed E-state index contributed by atoms with van der Waals surface area (Å²) in [5.41, 5.74) is 3.02. The number of aryl methyl sites for hydroxylation is 1. The lowest BCUT2D eigenvalue weighted by Crippen LogP contribution is -2.28. The van der Waals surface area contributed by atoms with Crippen LogP contribution in [0.3, 0.4) is 0 Å². The standard InChI is InChI=1S/C21H18N4O4S2/c1-13-19(30-21-23-18(12-25(13)21)15-6-4-3-5-7-15)20(27)22-16-8-10-17(11-9-16)31(28,29)24-14(2)26/h3-12H,1-2H3,(H,22,27)(H,24,26). The quantitative estimate of drug-likeness (QED) is 0.480. The van der Waals surface area contributed by atoms with Crippen LogP contribution in [0.15, 0.2) is 65.7 Å². The highest BCUT2D eigenvalue weighted by Gasteiger charge is 2.19. The lowest BCUT2D eigenvalue weighted by molar-refractivity contribution is -0.117. The maximum absolute atomic E-state index is 12.8. The second-order valence-electron chi connectivity index (χ2n) is 6.80. The van der Waals surface area contributed by atoms with Gasteiger partial charge in [-0.05, 0) is 31.2 Å². The number of aromatic nitrogens is 2. The van der Waals surface area contributed by atoms with E-state index in [2.05, 4.69) is 10.3 Å². The minimum atomic E-state index is -3.92. The van der Waals surface area contributed by atoms with Gasteiger partial charge in [0.05, 0.1) is 10.6 Å². The number of nitrogens with zero attached hydrogens (tertiary/aromatic N) is 2. The highest BCUT2D eigenvalue weighted by Crippen LogP contribution is 2.28. The SMILES string of the molecule is CC(=O)NS(=O)(=O)c1ccc(NC(=O)c2sc3nc(-c4ccccc4)cn3c2C)cc1. The zero-order valence-corrected chi connectivity index (χ0v) is 18.3. The number of imidazole rings is 1. The van der Waals surface area contributed by atoms with Gasteiger partial charge in [0.15, 0.2) is 4.96 Å². The first-order chi connectivity index (χ1) is 14.7. The van der Waals surface area contributed by atoms with Crippen LogP contribution in [-0.2, 0) is 14.8 Å². The summed E-state index contributed by atoms with van der Waals surface area (Å²) >= 11 is 1.28.